The van der Waals surface area contributed by atoms with Gasteiger partial charge in [0.05, 0.1) is 12.2 Å². The Hall–Kier alpha value is -2.14. The number of Topliss-reactive ketones (excluding diaryl/α,β-unsaturated/α-hetero) is 1. The van der Waals surface area contributed by atoms with Gasteiger partial charge in [0.25, 0.3) is 0 Å². The molecule has 0 heterocycles. The summed E-state index contributed by atoms with van der Waals surface area (Å²) in [4.78, 5) is 23.6. The molecule has 0 radical (unpaired) electrons. The van der Waals surface area contributed by atoms with Gasteiger partial charge in [-0.05, 0) is 38.0 Å². The third-order valence-corrected chi connectivity index (χ3v) is 2.89. The molecule has 0 unspecified atom stereocenters. The number of hydrogen-bond donors (Lipinski definition) is 0. The third kappa shape index (κ3) is 6.10. The van der Waals surface area contributed by atoms with Crippen LogP contribution in [0.1, 0.15) is 40.5 Å². The van der Waals surface area contributed by atoms with Gasteiger partial charge in [-0.3, -0.25) is 4.79 Å². The highest BCUT2D eigenvalue weighted by Crippen LogP contribution is 2.19. The van der Waals surface area contributed by atoms with Crippen molar-refractivity contribution in [3.63, 3.8) is 0 Å². The molecule has 1 aromatic rings. The maximum atomic E-state index is 12.0. The van der Waals surface area contributed by atoms with Gasteiger partial charge in [0, 0.05) is 19.3 Å². The molecule has 0 amide bonds. The maximum absolute atomic E-state index is 12.0. The van der Waals surface area contributed by atoms with Crippen LogP contribution in [0.3, 0.4) is 0 Å². The highest BCUT2D eigenvalue weighted by molar-refractivity contribution is 5.98. The van der Waals surface area contributed by atoms with Crippen LogP contribution in [-0.2, 0) is 9.47 Å². The number of ether oxygens (including phenoxy) is 3. The number of carbonyl (C=O) groups excluding carboxylic acids is 2. The van der Waals surface area contributed by atoms with Gasteiger partial charge in [0.2, 0.25) is 0 Å². The predicted octanol–water partition coefficient (Wildman–Crippen LogP) is 3.04. The zero-order chi connectivity index (χ0) is 16.4. The zero-order valence-corrected chi connectivity index (χ0v) is 13.1. The molecule has 0 saturated heterocycles. The molecule has 0 N–H and O–H groups in total. The van der Waals surface area contributed by atoms with E-state index >= 15 is 0 Å². The Bertz CT molecular complexity index is 522. The van der Waals surface area contributed by atoms with Crippen molar-refractivity contribution in [1.29, 1.82) is 0 Å². The molecule has 0 aromatic heterocycles. The van der Waals surface area contributed by atoms with E-state index in [0.717, 1.165) is 12.8 Å². The van der Waals surface area contributed by atoms with E-state index in [0.29, 0.717) is 36.7 Å². The summed E-state index contributed by atoms with van der Waals surface area (Å²) in [6.45, 7) is 6.25. The first-order valence-electron chi connectivity index (χ1n) is 7.14. The first-order chi connectivity index (χ1) is 10.6. The smallest absolute Gasteiger partial charge is 0.338 e. The van der Waals surface area contributed by atoms with Crippen LogP contribution in [0.2, 0.25) is 0 Å². The fraction of sp³-hybridized carbons (Fsp3) is 0.412. The standard InChI is InChI=1S/C17H22O5/c1-4-7-21-16-11-14(13(2)18)10-15(12-16)17(19)22-9-6-5-8-20-3/h4,10-12H,1,5-9H2,2-3H3. The molecule has 5 heteroatoms. The minimum atomic E-state index is -0.469. The van der Waals surface area contributed by atoms with Crippen LogP contribution in [0.5, 0.6) is 5.75 Å². The summed E-state index contributed by atoms with van der Waals surface area (Å²) in [6, 6.07) is 4.68. The molecule has 1 aromatic carbocycles. The number of esters is 1. The van der Waals surface area contributed by atoms with Crippen LogP contribution in [0.15, 0.2) is 30.9 Å². The molecule has 0 spiro atoms. The summed E-state index contributed by atoms with van der Waals surface area (Å²) >= 11 is 0. The van der Waals surface area contributed by atoms with Gasteiger partial charge in [0.15, 0.2) is 5.78 Å². The van der Waals surface area contributed by atoms with E-state index in [-0.39, 0.29) is 5.78 Å². The van der Waals surface area contributed by atoms with E-state index in [1.165, 1.54) is 13.0 Å². The monoisotopic (exact) mass is 306 g/mol. The van der Waals surface area contributed by atoms with E-state index in [9.17, 15) is 9.59 Å². The number of benzene rings is 1. The lowest BCUT2D eigenvalue weighted by Gasteiger charge is -2.09. The van der Waals surface area contributed by atoms with E-state index in [4.69, 9.17) is 14.2 Å². The highest BCUT2D eigenvalue weighted by atomic mass is 16.5. The normalized spacial score (nSPS) is 10.1. The van der Waals surface area contributed by atoms with Gasteiger partial charge in [-0.1, -0.05) is 12.7 Å². The van der Waals surface area contributed by atoms with Crippen LogP contribution in [0.4, 0.5) is 0 Å². The van der Waals surface area contributed by atoms with Gasteiger partial charge in [-0.25, -0.2) is 4.79 Å². The largest absolute Gasteiger partial charge is 0.490 e. The van der Waals surface area contributed by atoms with Crippen molar-refractivity contribution in [1.82, 2.24) is 0 Å². The van der Waals surface area contributed by atoms with E-state index in [2.05, 4.69) is 6.58 Å². The summed E-state index contributed by atoms with van der Waals surface area (Å²) in [6.07, 6.45) is 3.14. The first-order valence-corrected chi connectivity index (χ1v) is 7.14. The van der Waals surface area contributed by atoms with Gasteiger partial charge in [0.1, 0.15) is 12.4 Å². The Morgan fingerprint density at radius 3 is 2.45 bits per heavy atom. The number of ketones is 1. The second-order valence-electron chi connectivity index (χ2n) is 4.74. The summed E-state index contributed by atoms with van der Waals surface area (Å²) in [5, 5.41) is 0. The Morgan fingerprint density at radius 2 is 1.82 bits per heavy atom. The zero-order valence-electron chi connectivity index (χ0n) is 13.1. The van der Waals surface area contributed by atoms with Crippen molar-refractivity contribution in [3.8, 4) is 5.75 Å². The number of rotatable bonds is 10. The predicted molar refractivity (Wildman–Crippen MR) is 83.5 cm³/mol. The lowest BCUT2D eigenvalue weighted by atomic mass is 10.1. The van der Waals surface area contributed by atoms with Gasteiger partial charge in [-0.2, -0.15) is 0 Å². The van der Waals surface area contributed by atoms with Gasteiger partial charge >= 0.3 is 5.97 Å². The summed E-state index contributed by atoms with van der Waals surface area (Å²) in [7, 11) is 1.63. The second-order valence-corrected chi connectivity index (χ2v) is 4.74. The van der Waals surface area contributed by atoms with Crippen molar-refractivity contribution >= 4 is 11.8 Å². The van der Waals surface area contributed by atoms with Gasteiger partial charge < -0.3 is 14.2 Å². The van der Waals surface area contributed by atoms with E-state index in [1.54, 1.807) is 25.3 Å². The summed E-state index contributed by atoms with van der Waals surface area (Å²) in [5.41, 5.74) is 0.714. The molecule has 120 valence electrons. The van der Waals surface area contributed by atoms with E-state index < -0.39 is 5.97 Å². The van der Waals surface area contributed by atoms with Crippen LogP contribution in [-0.4, -0.2) is 38.7 Å². The Morgan fingerprint density at radius 1 is 1.14 bits per heavy atom. The molecule has 1 rings (SSSR count). The topological polar surface area (TPSA) is 61.8 Å². The molecule has 0 aliphatic heterocycles. The number of methoxy groups -OCH3 is 1. The molecular formula is C17H22O5. The van der Waals surface area contributed by atoms with Crippen molar-refractivity contribution < 1.29 is 23.8 Å². The van der Waals surface area contributed by atoms with Gasteiger partial charge in [-0.15, -0.1) is 0 Å². The van der Waals surface area contributed by atoms with Crippen molar-refractivity contribution in [2.45, 2.75) is 19.8 Å². The SMILES string of the molecule is C=CCOc1cc(C(C)=O)cc(C(=O)OCCCCOC)c1. The minimum absolute atomic E-state index is 0.141. The Labute approximate surface area is 130 Å². The molecule has 0 saturated carbocycles. The first kappa shape index (κ1) is 17.9. The average Bonchev–Trinajstić information content (AvgIpc) is 2.52. The number of carbonyl (C=O) groups is 2. The van der Waals surface area contributed by atoms with Crippen LogP contribution >= 0.6 is 0 Å². The van der Waals surface area contributed by atoms with Crippen molar-refractivity contribution in [2.24, 2.45) is 0 Å². The fourth-order valence-electron chi connectivity index (χ4n) is 1.76. The van der Waals surface area contributed by atoms with E-state index in [1.807, 2.05) is 0 Å². The third-order valence-electron chi connectivity index (χ3n) is 2.89. The minimum Gasteiger partial charge on any atom is -0.490 e. The highest BCUT2D eigenvalue weighted by Gasteiger charge is 2.12. The molecule has 0 bridgehead atoms. The summed E-state index contributed by atoms with van der Waals surface area (Å²) in [5.74, 6) is -0.166. The summed E-state index contributed by atoms with van der Waals surface area (Å²) < 4.78 is 15.5. The average molecular weight is 306 g/mol. The molecule has 22 heavy (non-hydrogen) atoms. The fourth-order valence-corrected chi connectivity index (χ4v) is 1.76. The number of hydrogen-bond acceptors (Lipinski definition) is 5. The molecule has 5 nitrogen and oxygen atoms in total. The lowest BCUT2D eigenvalue weighted by Crippen LogP contribution is -2.09. The van der Waals surface area contributed by atoms with Crippen molar-refractivity contribution in [3.05, 3.63) is 42.0 Å². The second kappa shape index (κ2) is 9.73. The molecule has 0 fully saturated rings. The molecule has 0 atom stereocenters. The van der Waals surface area contributed by atoms with Crippen LogP contribution < -0.4 is 4.74 Å². The number of unbranched alkanes of at least 4 members (excludes halogenated alkanes) is 1. The van der Waals surface area contributed by atoms with Crippen LogP contribution in [0.25, 0.3) is 0 Å². The lowest BCUT2D eigenvalue weighted by molar-refractivity contribution is 0.0488. The quantitative estimate of drug-likeness (QED) is 0.288. The Balaban J connectivity index is 2.74. The molecular weight excluding hydrogens is 284 g/mol. The molecule has 0 aliphatic carbocycles. The van der Waals surface area contributed by atoms with Crippen molar-refractivity contribution in [2.75, 3.05) is 26.9 Å². The maximum Gasteiger partial charge on any atom is 0.338 e. The van der Waals surface area contributed by atoms with Crippen LogP contribution in [0, 0.1) is 0 Å². The Kier molecular flexibility index (Phi) is 7.92. The molecule has 0 aliphatic rings.